The molecule has 0 aliphatic carbocycles. The molecule has 0 aromatic carbocycles. The zero-order valence-electron chi connectivity index (χ0n) is 10.8. The maximum atomic E-state index is 9.52. The van der Waals surface area contributed by atoms with E-state index in [2.05, 4.69) is 28.8 Å². The highest BCUT2D eigenvalue weighted by molar-refractivity contribution is 5.48. The molecule has 94 valence electrons. The predicted octanol–water partition coefficient (Wildman–Crippen LogP) is 1.20. The SMILES string of the molecule is Cc1cc([C@@H](C)O)cnc1N1CCN(C)CC1. The van der Waals surface area contributed by atoms with Crippen LogP contribution >= 0.6 is 0 Å². The topological polar surface area (TPSA) is 39.6 Å². The Morgan fingerprint density at radius 2 is 1.94 bits per heavy atom. The lowest BCUT2D eigenvalue weighted by atomic mass is 10.1. The third kappa shape index (κ3) is 2.76. The van der Waals surface area contributed by atoms with E-state index in [1.54, 1.807) is 13.1 Å². The number of aliphatic hydroxyl groups excluding tert-OH is 1. The lowest BCUT2D eigenvalue weighted by molar-refractivity contribution is 0.199. The Hall–Kier alpha value is -1.13. The molecule has 1 aromatic heterocycles. The van der Waals surface area contributed by atoms with Crippen LogP contribution in [0.4, 0.5) is 5.82 Å². The van der Waals surface area contributed by atoms with Gasteiger partial charge in [-0.1, -0.05) is 0 Å². The summed E-state index contributed by atoms with van der Waals surface area (Å²) in [4.78, 5) is 9.15. The summed E-state index contributed by atoms with van der Waals surface area (Å²) in [5.74, 6) is 1.06. The largest absolute Gasteiger partial charge is 0.389 e. The van der Waals surface area contributed by atoms with Gasteiger partial charge in [-0.25, -0.2) is 4.98 Å². The van der Waals surface area contributed by atoms with Gasteiger partial charge in [-0.05, 0) is 38.1 Å². The molecule has 0 radical (unpaired) electrons. The minimum atomic E-state index is -0.442. The molecule has 4 nitrogen and oxygen atoms in total. The van der Waals surface area contributed by atoms with Crippen molar-refractivity contribution in [1.82, 2.24) is 9.88 Å². The quantitative estimate of drug-likeness (QED) is 0.836. The van der Waals surface area contributed by atoms with Gasteiger partial charge in [-0.15, -0.1) is 0 Å². The Bertz CT molecular complexity index is 384. The minimum Gasteiger partial charge on any atom is -0.389 e. The van der Waals surface area contributed by atoms with E-state index in [1.165, 1.54) is 0 Å². The average molecular weight is 235 g/mol. The average Bonchev–Trinajstić information content (AvgIpc) is 2.30. The van der Waals surface area contributed by atoms with E-state index in [1.807, 2.05) is 6.07 Å². The minimum absolute atomic E-state index is 0.442. The summed E-state index contributed by atoms with van der Waals surface area (Å²) in [7, 11) is 2.15. The number of hydrogen-bond acceptors (Lipinski definition) is 4. The van der Waals surface area contributed by atoms with Crippen molar-refractivity contribution in [2.75, 3.05) is 38.1 Å². The van der Waals surface area contributed by atoms with Gasteiger partial charge in [0.05, 0.1) is 6.10 Å². The monoisotopic (exact) mass is 235 g/mol. The Kier molecular flexibility index (Phi) is 3.64. The number of aliphatic hydroxyl groups is 1. The zero-order chi connectivity index (χ0) is 12.4. The molecule has 4 heteroatoms. The van der Waals surface area contributed by atoms with Crippen LogP contribution in [0.5, 0.6) is 0 Å². The van der Waals surface area contributed by atoms with Gasteiger partial charge in [0.25, 0.3) is 0 Å². The highest BCUT2D eigenvalue weighted by atomic mass is 16.3. The molecule has 1 N–H and O–H groups in total. The Balaban J connectivity index is 2.16. The Labute approximate surface area is 103 Å². The summed E-state index contributed by atoms with van der Waals surface area (Å²) in [5, 5.41) is 9.52. The van der Waals surface area contributed by atoms with Gasteiger partial charge in [-0.2, -0.15) is 0 Å². The standard InChI is InChI=1S/C13H21N3O/c1-10-8-12(11(2)17)9-14-13(10)16-6-4-15(3)5-7-16/h8-9,11,17H,4-7H2,1-3H3/t11-/m1/s1. The molecule has 0 unspecified atom stereocenters. The number of anilines is 1. The fraction of sp³-hybridized carbons (Fsp3) is 0.615. The molecule has 1 atom stereocenters. The second-order valence-corrected chi connectivity index (χ2v) is 4.88. The van der Waals surface area contributed by atoms with Gasteiger partial charge >= 0.3 is 0 Å². The number of aryl methyl sites for hydroxylation is 1. The molecule has 0 spiro atoms. The van der Waals surface area contributed by atoms with E-state index in [9.17, 15) is 5.11 Å². The Morgan fingerprint density at radius 1 is 1.29 bits per heavy atom. The highest BCUT2D eigenvalue weighted by Crippen LogP contribution is 2.21. The van der Waals surface area contributed by atoms with Gasteiger partial charge < -0.3 is 14.9 Å². The van der Waals surface area contributed by atoms with Crippen molar-refractivity contribution >= 4 is 5.82 Å². The molecule has 1 fully saturated rings. The van der Waals surface area contributed by atoms with Gasteiger partial charge in [0.1, 0.15) is 5.82 Å². The van der Waals surface area contributed by atoms with Crippen molar-refractivity contribution in [1.29, 1.82) is 0 Å². The zero-order valence-corrected chi connectivity index (χ0v) is 10.8. The number of rotatable bonds is 2. The van der Waals surface area contributed by atoms with E-state index in [0.717, 1.165) is 43.1 Å². The lowest BCUT2D eigenvalue weighted by Crippen LogP contribution is -2.45. The summed E-state index contributed by atoms with van der Waals surface area (Å²) >= 11 is 0. The summed E-state index contributed by atoms with van der Waals surface area (Å²) in [6, 6.07) is 2.03. The van der Waals surface area contributed by atoms with E-state index < -0.39 is 6.10 Å². The van der Waals surface area contributed by atoms with E-state index in [0.29, 0.717) is 0 Å². The van der Waals surface area contributed by atoms with Crippen LogP contribution in [0.2, 0.25) is 0 Å². The molecule has 0 amide bonds. The number of aromatic nitrogens is 1. The van der Waals surface area contributed by atoms with Crippen molar-refractivity contribution in [3.8, 4) is 0 Å². The van der Waals surface area contributed by atoms with Gasteiger partial charge in [0.15, 0.2) is 0 Å². The summed E-state index contributed by atoms with van der Waals surface area (Å²) < 4.78 is 0. The predicted molar refractivity (Wildman–Crippen MR) is 69.3 cm³/mol. The first-order chi connectivity index (χ1) is 8.08. The van der Waals surface area contributed by atoms with E-state index in [-0.39, 0.29) is 0 Å². The number of nitrogens with zero attached hydrogens (tertiary/aromatic N) is 3. The first-order valence-electron chi connectivity index (χ1n) is 6.16. The summed E-state index contributed by atoms with van der Waals surface area (Å²) in [6.07, 6.45) is 1.34. The smallest absolute Gasteiger partial charge is 0.131 e. The first-order valence-corrected chi connectivity index (χ1v) is 6.16. The third-order valence-electron chi connectivity index (χ3n) is 3.36. The molecule has 1 aromatic rings. The van der Waals surface area contributed by atoms with Crippen LogP contribution in [0.3, 0.4) is 0 Å². The van der Waals surface area contributed by atoms with Gasteiger partial charge in [0.2, 0.25) is 0 Å². The Morgan fingerprint density at radius 3 is 2.47 bits per heavy atom. The van der Waals surface area contributed by atoms with Crippen molar-refractivity contribution in [2.45, 2.75) is 20.0 Å². The van der Waals surface area contributed by atoms with Crippen LogP contribution in [0.25, 0.3) is 0 Å². The molecule has 1 aliphatic heterocycles. The van der Waals surface area contributed by atoms with Gasteiger partial charge in [0, 0.05) is 32.4 Å². The van der Waals surface area contributed by atoms with Crippen LogP contribution < -0.4 is 4.90 Å². The maximum Gasteiger partial charge on any atom is 0.131 e. The molecule has 2 rings (SSSR count). The second-order valence-electron chi connectivity index (χ2n) is 4.88. The van der Waals surface area contributed by atoms with Crippen LogP contribution in [0, 0.1) is 6.92 Å². The number of hydrogen-bond donors (Lipinski definition) is 1. The van der Waals surface area contributed by atoms with E-state index in [4.69, 9.17) is 0 Å². The molecule has 0 saturated carbocycles. The van der Waals surface area contributed by atoms with Crippen molar-refractivity contribution < 1.29 is 5.11 Å². The normalized spacial score (nSPS) is 19.4. The lowest BCUT2D eigenvalue weighted by Gasteiger charge is -2.34. The van der Waals surface area contributed by atoms with Crippen molar-refractivity contribution in [3.05, 3.63) is 23.4 Å². The third-order valence-corrected chi connectivity index (χ3v) is 3.36. The highest BCUT2D eigenvalue weighted by Gasteiger charge is 2.17. The number of likely N-dealkylation sites (N-methyl/N-ethyl adjacent to an activating group) is 1. The number of piperazine rings is 1. The second kappa shape index (κ2) is 5.02. The number of pyridine rings is 1. The molecule has 0 bridgehead atoms. The molecule has 1 aliphatic rings. The first kappa shape index (κ1) is 12.3. The fourth-order valence-electron chi connectivity index (χ4n) is 2.17. The van der Waals surface area contributed by atoms with Crippen molar-refractivity contribution in [2.24, 2.45) is 0 Å². The molecule has 2 heterocycles. The van der Waals surface area contributed by atoms with Gasteiger partial charge in [-0.3, -0.25) is 0 Å². The van der Waals surface area contributed by atoms with Crippen LogP contribution in [0.15, 0.2) is 12.3 Å². The molecular weight excluding hydrogens is 214 g/mol. The fourth-order valence-corrected chi connectivity index (χ4v) is 2.17. The molecule has 17 heavy (non-hydrogen) atoms. The maximum absolute atomic E-state index is 9.52. The summed E-state index contributed by atoms with van der Waals surface area (Å²) in [6.45, 7) is 8.05. The van der Waals surface area contributed by atoms with Crippen LogP contribution in [-0.4, -0.2) is 48.2 Å². The van der Waals surface area contributed by atoms with Crippen LogP contribution in [0.1, 0.15) is 24.2 Å². The van der Waals surface area contributed by atoms with E-state index >= 15 is 0 Å². The van der Waals surface area contributed by atoms with Crippen molar-refractivity contribution in [3.63, 3.8) is 0 Å². The molecule has 1 saturated heterocycles. The van der Waals surface area contributed by atoms with Crippen LogP contribution in [-0.2, 0) is 0 Å². The summed E-state index contributed by atoms with van der Waals surface area (Å²) in [5.41, 5.74) is 2.04. The molecular formula is C13H21N3O.